The third-order valence-electron chi connectivity index (χ3n) is 2.59. The number of thiophene rings is 1. The number of ether oxygens (including phenoxy) is 1. The third kappa shape index (κ3) is 4.62. The topological polar surface area (TPSA) is 43.4 Å². The highest BCUT2D eigenvalue weighted by molar-refractivity contribution is 8.13. The lowest BCUT2D eigenvalue weighted by molar-refractivity contribution is 0.124. The normalized spacial score (nSPS) is 11.6. The van der Waals surface area contributed by atoms with E-state index < -0.39 is 9.05 Å². The van der Waals surface area contributed by atoms with Crippen molar-refractivity contribution >= 4 is 31.1 Å². The van der Waals surface area contributed by atoms with E-state index >= 15 is 0 Å². The summed E-state index contributed by atoms with van der Waals surface area (Å²) >= 11 is 1.67. The Morgan fingerprint density at radius 1 is 1.11 bits per heavy atom. The van der Waals surface area contributed by atoms with Crippen LogP contribution < -0.4 is 0 Å². The van der Waals surface area contributed by atoms with Gasteiger partial charge in [0, 0.05) is 10.7 Å². The standard InChI is InChI=1S/C13H13ClO3S2/c14-19(15,16)13-3-1-11(2-4-13)9-17-7-5-12-6-8-18-10-12/h1-4,6,8,10H,5,7,9H2. The lowest BCUT2D eigenvalue weighted by Gasteiger charge is -2.04. The minimum atomic E-state index is -3.64. The molecule has 3 nitrogen and oxygen atoms in total. The predicted molar refractivity (Wildman–Crippen MR) is 77.2 cm³/mol. The molecule has 0 unspecified atom stereocenters. The molecule has 0 aliphatic heterocycles. The Hall–Kier alpha value is -0.880. The summed E-state index contributed by atoms with van der Waals surface area (Å²) in [7, 11) is 1.59. The molecule has 1 heterocycles. The van der Waals surface area contributed by atoms with Crippen LogP contribution in [0.3, 0.4) is 0 Å². The van der Waals surface area contributed by atoms with Gasteiger partial charge in [0.2, 0.25) is 0 Å². The fourth-order valence-corrected chi connectivity index (χ4v) is 3.04. The number of halogens is 1. The molecule has 0 fully saturated rings. The van der Waals surface area contributed by atoms with Crippen LogP contribution in [0.1, 0.15) is 11.1 Å². The molecule has 19 heavy (non-hydrogen) atoms. The van der Waals surface area contributed by atoms with Crippen molar-refractivity contribution < 1.29 is 13.2 Å². The maximum Gasteiger partial charge on any atom is 0.261 e. The molecule has 6 heteroatoms. The Morgan fingerprint density at radius 3 is 2.42 bits per heavy atom. The zero-order chi connectivity index (χ0) is 13.7. The third-order valence-corrected chi connectivity index (χ3v) is 4.69. The van der Waals surface area contributed by atoms with Gasteiger partial charge in [-0.1, -0.05) is 12.1 Å². The second-order valence-electron chi connectivity index (χ2n) is 4.02. The Labute approximate surface area is 121 Å². The second kappa shape index (κ2) is 6.52. The van der Waals surface area contributed by atoms with Gasteiger partial charge >= 0.3 is 0 Å². The quantitative estimate of drug-likeness (QED) is 0.605. The highest BCUT2D eigenvalue weighted by Gasteiger charge is 2.08. The lowest BCUT2D eigenvalue weighted by atomic mass is 10.2. The van der Waals surface area contributed by atoms with E-state index in [4.69, 9.17) is 15.4 Å². The average Bonchev–Trinajstić information content (AvgIpc) is 2.87. The van der Waals surface area contributed by atoms with Crippen LogP contribution >= 0.6 is 22.0 Å². The van der Waals surface area contributed by atoms with Crippen molar-refractivity contribution in [2.24, 2.45) is 0 Å². The molecule has 0 aliphatic rings. The molecule has 2 rings (SSSR count). The van der Waals surface area contributed by atoms with Gasteiger partial charge in [-0.25, -0.2) is 8.42 Å². The van der Waals surface area contributed by atoms with Crippen LogP contribution in [0.25, 0.3) is 0 Å². The van der Waals surface area contributed by atoms with Gasteiger partial charge in [0.15, 0.2) is 0 Å². The van der Waals surface area contributed by atoms with Crippen molar-refractivity contribution in [3.05, 3.63) is 52.2 Å². The van der Waals surface area contributed by atoms with Gasteiger partial charge in [-0.05, 0) is 46.5 Å². The van der Waals surface area contributed by atoms with Crippen molar-refractivity contribution in [1.82, 2.24) is 0 Å². The second-order valence-corrected chi connectivity index (χ2v) is 7.36. The first-order chi connectivity index (χ1) is 9.05. The molecule has 1 aromatic heterocycles. The summed E-state index contributed by atoms with van der Waals surface area (Å²) in [6, 6.07) is 8.47. The van der Waals surface area contributed by atoms with Gasteiger partial charge in [-0.3, -0.25) is 0 Å². The van der Waals surface area contributed by atoms with Crippen molar-refractivity contribution in [3.63, 3.8) is 0 Å². The van der Waals surface area contributed by atoms with Gasteiger partial charge in [0.1, 0.15) is 0 Å². The molecule has 0 N–H and O–H groups in total. The van der Waals surface area contributed by atoms with Crippen molar-refractivity contribution in [2.45, 2.75) is 17.9 Å². The first-order valence-corrected chi connectivity index (χ1v) is 8.93. The molecule has 0 amide bonds. The fourth-order valence-electron chi connectivity index (χ4n) is 1.56. The van der Waals surface area contributed by atoms with Crippen LogP contribution in [0.15, 0.2) is 46.0 Å². The van der Waals surface area contributed by atoms with Crippen molar-refractivity contribution in [3.8, 4) is 0 Å². The fraction of sp³-hybridized carbons (Fsp3) is 0.231. The van der Waals surface area contributed by atoms with Gasteiger partial charge < -0.3 is 4.74 Å². The van der Waals surface area contributed by atoms with E-state index in [0.717, 1.165) is 12.0 Å². The minimum Gasteiger partial charge on any atom is -0.376 e. The molecule has 102 valence electrons. The number of rotatable bonds is 6. The Balaban J connectivity index is 1.80. The zero-order valence-electron chi connectivity index (χ0n) is 10.1. The van der Waals surface area contributed by atoms with E-state index in [2.05, 4.69) is 11.4 Å². The van der Waals surface area contributed by atoms with Crippen molar-refractivity contribution in [2.75, 3.05) is 6.61 Å². The molecule has 0 saturated carbocycles. The van der Waals surface area contributed by atoms with E-state index in [-0.39, 0.29) is 4.90 Å². The number of hydrogen-bond acceptors (Lipinski definition) is 4. The molecule has 2 aromatic rings. The van der Waals surface area contributed by atoms with Crippen LogP contribution in [0.4, 0.5) is 0 Å². The summed E-state index contributed by atoms with van der Waals surface area (Å²) in [5, 5.41) is 4.14. The average molecular weight is 317 g/mol. The van der Waals surface area contributed by atoms with E-state index in [1.807, 2.05) is 5.38 Å². The molecule has 0 aliphatic carbocycles. The van der Waals surface area contributed by atoms with Crippen LogP contribution in [0.2, 0.25) is 0 Å². The molecule has 0 spiro atoms. The highest BCUT2D eigenvalue weighted by Crippen LogP contribution is 2.15. The SMILES string of the molecule is O=S(=O)(Cl)c1ccc(COCCc2ccsc2)cc1. The summed E-state index contributed by atoms with van der Waals surface area (Å²) in [6.45, 7) is 1.11. The Kier molecular flexibility index (Phi) is 4.99. The monoisotopic (exact) mass is 316 g/mol. The summed E-state index contributed by atoms with van der Waals surface area (Å²) in [5.74, 6) is 0. The summed E-state index contributed by atoms with van der Waals surface area (Å²) < 4.78 is 27.7. The van der Waals surface area contributed by atoms with E-state index in [1.54, 1.807) is 23.5 Å². The highest BCUT2D eigenvalue weighted by atomic mass is 35.7. The first kappa shape index (κ1) is 14.5. The van der Waals surface area contributed by atoms with Gasteiger partial charge in [0.05, 0.1) is 18.1 Å². The molecule has 0 bridgehead atoms. The smallest absolute Gasteiger partial charge is 0.261 e. The summed E-state index contributed by atoms with van der Waals surface area (Å²) in [5.41, 5.74) is 2.20. The Morgan fingerprint density at radius 2 is 1.84 bits per heavy atom. The molecule has 0 saturated heterocycles. The minimum absolute atomic E-state index is 0.108. The van der Waals surface area contributed by atoms with Crippen LogP contribution in [0.5, 0.6) is 0 Å². The first-order valence-electron chi connectivity index (χ1n) is 5.68. The lowest BCUT2D eigenvalue weighted by Crippen LogP contribution is -1.99. The van der Waals surface area contributed by atoms with E-state index in [9.17, 15) is 8.42 Å². The molecular formula is C13H13ClO3S2. The van der Waals surface area contributed by atoms with E-state index in [0.29, 0.717) is 13.2 Å². The Bertz CT molecular complexity index is 604. The maximum atomic E-state index is 11.1. The molecular weight excluding hydrogens is 304 g/mol. The zero-order valence-corrected chi connectivity index (χ0v) is 12.5. The number of hydrogen-bond donors (Lipinski definition) is 0. The molecule has 1 aromatic carbocycles. The number of benzene rings is 1. The van der Waals surface area contributed by atoms with Gasteiger partial charge in [-0.2, -0.15) is 11.3 Å². The van der Waals surface area contributed by atoms with Crippen LogP contribution in [-0.4, -0.2) is 15.0 Å². The summed E-state index contributed by atoms with van der Waals surface area (Å²) in [6.07, 6.45) is 0.887. The van der Waals surface area contributed by atoms with Crippen LogP contribution in [-0.2, 0) is 26.8 Å². The van der Waals surface area contributed by atoms with E-state index in [1.165, 1.54) is 17.7 Å². The van der Waals surface area contributed by atoms with Gasteiger partial charge in [0.25, 0.3) is 9.05 Å². The maximum absolute atomic E-state index is 11.1. The van der Waals surface area contributed by atoms with Crippen molar-refractivity contribution in [1.29, 1.82) is 0 Å². The molecule has 0 atom stereocenters. The largest absolute Gasteiger partial charge is 0.376 e. The predicted octanol–water partition coefficient (Wildman–Crippen LogP) is 3.43. The summed E-state index contributed by atoms with van der Waals surface area (Å²) in [4.78, 5) is 0.108. The van der Waals surface area contributed by atoms with Gasteiger partial charge in [-0.15, -0.1) is 0 Å². The molecule has 0 radical (unpaired) electrons. The van der Waals surface area contributed by atoms with Crippen LogP contribution in [0, 0.1) is 0 Å².